The Balaban J connectivity index is 1.62. The first-order valence-corrected chi connectivity index (χ1v) is 11.8. The van der Waals surface area contributed by atoms with E-state index >= 15 is 0 Å². The molecule has 0 fully saturated rings. The van der Waals surface area contributed by atoms with E-state index in [1.165, 1.54) is 5.56 Å². The number of carbonyl (C=O) groups excluding carboxylic acids is 1. The SMILES string of the molecule is C[C@H](CC(=O)O)CC(=O)n1c(CCCCCCc2cccc(Cl)c2)nc2ccc(Cl)cc21. The molecule has 1 N–H and O–H groups in total. The Hall–Kier alpha value is -2.37. The monoisotopic (exact) mass is 474 g/mol. The van der Waals surface area contributed by atoms with E-state index in [4.69, 9.17) is 28.3 Å². The Morgan fingerprint density at radius 3 is 2.41 bits per heavy atom. The molecule has 0 saturated carbocycles. The van der Waals surface area contributed by atoms with Crippen LogP contribution in [0.5, 0.6) is 0 Å². The Kier molecular flexibility index (Phi) is 8.71. The number of carboxylic acids is 1. The topological polar surface area (TPSA) is 72.2 Å². The minimum atomic E-state index is -0.901. The summed E-state index contributed by atoms with van der Waals surface area (Å²) in [4.78, 5) is 28.7. The first kappa shape index (κ1) is 24.3. The van der Waals surface area contributed by atoms with Crippen LogP contribution in [0, 0.1) is 5.92 Å². The predicted molar refractivity (Wildman–Crippen MR) is 129 cm³/mol. The van der Waals surface area contributed by atoms with Crippen LogP contribution in [0.15, 0.2) is 42.5 Å². The van der Waals surface area contributed by atoms with Gasteiger partial charge in [-0.2, -0.15) is 0 Å². The third kappa shape index (κ3) is 6.81. The molecule has 170 valence electrons. The first-order valence-electron chi connectivity index (χ1n) is 11.0. The van der Waals surface area contributed by atoms with Gasteiger partial charge in [-0.1, -0.05) is 55.1 Å². The van der Waals surface area contributed by atoms with Gasteiger partial charge in [0.15, 0.2) is 0 Å². The minimum absolute atomic E-state index is 0.0406. The minimum Gasteiger partial charge on any atom is -0.481 e. The second-order valence-corrected chi connectivity index (χ2v) is 9.21. The summed E-state index contributed by atoms with van der Waals surface area (Å²) in [6.07, 6.45) is 5.91. The van der Waals surface area contributed by atoms with Crippen molar-refractivity contribution < 1.29 is 14.7 Å². The highest BCUT2D eigenvalue weighted by Crippen LogP contribution is 2.24. The van der Waals surface area contributed by atoms with E-state index in [2.05, 4.69) is 11.1 Å². The maximum atomic E-state index is 13.0. The highest BCUT2D eigenvalue weighted by atomic mass is 35.5. The fraction of sp³-hybridized carbons (Fsp3) is 0.400. The van der Waals surface area contributed by atoms with E-state index in [9.17, 15) is 9.59 Å². The van der Waals surface area contributed by atoms with Crippen molar-refractivity contribution in [1.29, 1.82) is 0 Å². The van der Waals surface area contributed by atoms with Crippen LogP contribution in [0.3, 0.4) is 0 Å². The van der Waals surface area contributed by atoms with Gasteiger partial charge in [0.05, 0.1) is 11.0 Å². The van der Waals surface area contributed by atoms with Crippen molar-refractivity contribution in [3.63, 3.8) is 0 Å². The summed E-state index contributed by atoms with van der Waals surface area (Å²) in [5.74, 6) is -0.582. The number of rotatable bonds is 11. The molecule has 0 aliphatic heterocycles. The molecule has 0 amide bonds. The van der Waals surface area contributed by atoms with Crippen molar-refractivity contribution in [3.05, 3.63) is 63.9 Å². The lowest BCUT2D eigenvalue weighted by Gasteiger charge is -2.11. The fourth-order valence-electron chi connectivity index (χ4n) is 3.96. The number of carbonyl (C=O) groups is 2. The molecule has 32 heavy (non-hydrogen) atoms. The van der Waals surface area contributed by atoms with E-state index < -0.39 is 5.97 Å². The van der Waals surface area contributed by atoms with Crippen LogP contribution in [0.2, 0.25) is 10.0 Å². The highest BCUT2D eigenvalue weighted by Gasteiger charge is 2.20. The van der Waals surface area contributed by atoms with Gasteiger partial charge in [0, 0.05) is 29.3 Å². The lowest BCUT2D eigenvalue weighted by molar-refractivity contribution is -0.137. The van der Waals surface area contributed by atoms with Crippen LogP contribution in [0.4, 0.5) is 0 Å². The molecule has 0 aliphatic rings. The van der Waals surface area contributed by atoms with Crippen molar-refractivity contribution in [2.75, 3.05) is 0 Å². The number of hydrogen-bond donors (Lipinski definition) is 1. The number of aliphatic carboxylic acids is 1. The van der Waals surface area contributed by atoms with Gasteiger partial charge < -0.3 is 5.11 Å². The van der Waals surface area contributed by atoms with Gasteiger partial charge in [-0.3, -0.25) is 14.2 Å². The number of aryl methyl sites for hydroxylation is 2. The molecule has 0 aliphatic carbocycles. The molecule has 0 radical (unpaired) electrons. The fourth-order valence-corrected chi connectivity index (χ4v) is 4.34. The van der Waals surface area contributed by atoms with E-state index in [1.807, 2.05) is 24.3 Å². The quantitative estimate of drug-likeness (QED) is 0.309. The second-order valence-electron chi connectivity index (χ2n) is 8.34. The van der Waals surface area contributed by atoms with Gasteiger partial charge in [0.2, 0.25) is 5.91 Å². The Labute approximate surface area is 198 Å². The summed E-state index contributed by atoms with van der Waals surface area (Å²) in [5, 5.41) is 10.3. The van der Waals surface area contributed by atoms with Crippen molar-refractivity contribution in [1.82, 2.24) is 9.55 Å². The zero-order chi connectivity index (χ0) is 23.1. The zero-order valence-corrected chi connectivity index (χ0v) is 19.7. The Morgan fingerprint density at radius 1 is 0.969 bits per heavy atom. The molecule has 2 aromatic carbocycles. The van der Waals surface area contributed by atoms with Crippen LogP contribution < -0.4 is 0 Å². The van der Waals surface area contributed by atoms with Gasteiger partial charge in [-0.15, -0.1) is 0 Å². The smallest absolute Gasteiger partial charge is 0.303 e. The average Bonchev–Trinajstić information content (AvgIpc) is 3.07. The second kappa shape index (κ2) is 11.5. The molecule has 0 unspecified atom stereocenters. The number of nitrogens with zero attached hydrogens (tertiary/aromatic N) is 2. The van der Waals surface area contributed by atoms with Crippen molar-refractivity contribution in [2.24, 2.45) is 5.92 Å². The van der Waals surface area contributed by atoms with Gasteiger partial charge >= 0.3 is 5.97 Å². The molecule has 7 heteroatoms. The number of carboxylic acid groups (broad SMARTS) is 1. The Bertz CT molecular complexity index is 1090. The third-order valence-corrected chi connectivity index (χ3v) is 5.96. The largest absolute Gasteiger partial charge is 0.481 e. The zero-order valence-electron chi connectivity index (χ0n) is 18.2. The van der Waals surface area contributed by atoms with Gasteiger partial charge in [0.1, 0.15) is 5.82 Å². The van der Waals surface area contributed by atoms with Crippen LogP contribution in [-0.2, 0) is 17.6 Å². The van der Waals surface area contributed by atoms with Crippen LogP contribution in [0.25, 0.3) is 11.0 Å². The van der Waals surface area contributed by atoms with Gasteiger partial charge in [-0.05, 0) is 61.1 Å². The summed E-state index contributed by atoms with van der Waals surface area (Å²) in [6, 6.07) is 13.3. The van der Waals surface area contributed by atoms with Crippen molar-refractivity contribution >= 4 is 46.1 Å². The van der Waals surface area contributed by atoms with Gasteiger partial charge in [-0.25, -0.2) is 4.98 Å². The lowest BCUT2D eigenvalue weighted by atomic mass is 10.0. The molecule has 5 nitrogen and oxygen atoms in total. The maximum Gasteiger partial charge on any atom is 0.303 e. The summed E-state index contributed by atoms with van der Waals surface area (Å²) < 4.78 is 1.63. The van der Waals surface area contributed by atoms with Crippen molar-refractivity contribution in [3.8, 4) is 0 Å². The predicted octanol–water partition coefficient (Wildman–Crippen LogP) is 6.83. The van der Waals surface area contributed by atoms with E-state index in [-0.39, 0.29) is 24.7 Å². The highest BCUT2D eigenvalue weighted by molar-refractivity contribution is 6.31. The molecule has 0 spiro atoms. The van der Waals surface area contributed by atoms with Crippen LogP contribution in [0.1, 0.15) is 61.6 Å². The molecule has 3 rings (SSSR count). The van der Waals surface area contributed by atoms with Crippen molar-refractivity contribution in [2.45, 2.75) is 58.3 Å². The van der Waals surface area contributed by atoms with Crippen LogP contribution in [-0.4, -0.2) is 26.5 Å². The molecular weight excluding hydrogens is 447 g/mol. The first-order chi connectivity index (χ1) is 15.3. The summed E-state index contributed by atoms with van der Waals surface area (Å²) in [7, 11) is 0. The molecule has 1 aromatic heterocycles. The molecule has 3 aromatic rings. The number of fused-ring (bicyclic) bond motifs is 1. The standard InChI is InChI=1S/C25H28Cl2N2O3/c1-17(14-25(31)32)13-24(30)29-22-16-20(27)11-12-21(22)28-23(29)10-5-3-2-4-7-18-8-6-9-19(26)15-18/h6,8-9,11-12,15-17H,2-5,7,10,13-14H2,1H3,(H,31,32)/t17-/m0/s1. The van der Waals surface area contributed by atoms with Gasteiger partial charge in [0.25, 0.3) is 0 Å². The molecule has 1 heterocycles. The van der Waals surface area contributed by atoms with Crippen LogP contribution >= 0.6 is 23.2 Å². The number of aromatic nitrogens is 2. The normalized spacial score (nSPS) is 12.2. The molecular formula is C25H28Cl2N2O3. The lowest BCUT2D eigenvalue weighted by Crippen LogP contribution is -2.18. The molecule has 1 atom stereocenters. The third-order valence-electron chi connectivity index (χ3n) is 5.49. The Morgan fingerprint density at radius 2 is 1.69 bits per heavy atom. The summed E-state index contributed by atoms with van der Waals surface area (Å²) >= 11 is 12.2. The maximum absolute atomic E-state index is 13.0. The number of hydrogen-bond acceptors (Lipinski definition) is 3. The molecule has 0 saturated heterocycles. The number of unbranched alkanes of at least 4 members (excludes halogenated alkanes) is 3. The molecule has 0 bridgehead atoms. The van der Waals surface area contributed by atoms with E-state index in [1.54, 1.807) is 23.6 Å². The number of imidazole rings is 1. The summed E-state index contributed by atoms with van der Waals surface area (Å²) in [5.41, 5.74) is 2.66. The number of halogens is 2. The van der Waals surface area contributed by atoms with E-state index in [0.717, 1.165) is 42.6 Å². The summed E-state index contributed by atoms with van der Waals surface area (Å²) in [6.45, 7) is 1.78. The average molecular weight is 475 g/mol. The number of benzene rings is 2. The van der Waals surface area contributed by atoms with E-state index in [0.29, 0.717) is 22.8 Å².